The van der Waals surface area contributed by atoms with E-state index in [0.717, 1.165) is 15.0 Å². The van der Waals surface area contributed by atoms with Crippen molar-refractivity contribution in [2.45, 2.75) is 6.92 Å². The van der Waals surface area contributed by atoms with E-state index in [1.165, 1.54) is 0 Å². The van der Waals surface area contributed by atoms with E-state index in [1.54, 1.807) is 19.5 Å². The Morgan fingerprint density at radius 3 is 2.85 bits per heavy atom. The van der Waals surface area contributed by atoms with Crippen LogP contribution in [0.25, 0.3) is 5.52 Å². The van der Waals surface area contributed by atoms with Gasteiger partial charge in [-0.2, -0.15) is 0 Å². The van der Waals surface area contributed by atoms with Crippen molar-refractivity contribution in [3.63, 3.8) is 0 Å². The molecule has 0 spiro atoms. The summed E-state index contributed by atoms with van der Waals surface area (Å²) in [6, 6.07) is 0. The molecule has 0 atom stereocenters. The number of fused-ring (bicyclic) bond motifs is 1. The Kier molecular flexibility index (Phi) is 2.10. The van der Waals surface area contributed by atoms with Crippen LogP contribution in [-0.2, 0) is 0 Å². The Morgan fingerprint density at radius 2 is 2.15 bits per heavy atom. The smallest absolute Gasteiger partial charge is 0.239 e. The van der Waals surface area contributed by atoms with Gasteiger partial charge in [0.05, 0.1) is 19.5 Å². The van der Waals surface area contributed by atoms with Gasteiger partial charge in [0.1, 0.15) is 15.0 Å². The molecule has 2 aromatic heterocycles. The highest BCUT2D eigenvalue weighted by Gasteiger charge is 2.08. The highest BCUT2D eigenvalue weighted by molar-refractivity contribution is 14.1. The molecule has 0 amide bonds. The zero-order chi connectivity index (χ0) is 9.42. The van der Waals surface area contributed by atoms with Gasteiger partial charge in [-0.25, -0.2) is 9.97 Å². The van der Waals surface area contributed by atoms with Gasteiger partial charge in [0.25, 0.3) is 0 Å². The number of nitrogens with zero attached hydrogens (tertiary/aromatic N) is 3. The molecule has 2 aromatic rings. The number of halogens is 1. The minimum absolute atomic E-state index is 0.612. The molecule has 0 saturated carbocycles. The monoisotopic (exact) mass is 289 g/mol. The van der Waals surface area contributed by atoms with Crippen molar-refractivity contribution in [3.05, 3.63) is 21.9 Å². The number of hydrogen-bond acceptors (Lipinski definition) is 3. The van der Waals surface area contributed by atoms with Gasteiger partial charge in [0.15, 0.2) is 0 Å². The lowest BCUT2D eigenvalue weighted by Gasteiger charge is -2.03. The van der Waals surface area contributed by atoms with Crippen LogP contribution in [0, 0.1) is 10.6 Å². The second kappa shape index (κ2) is 3.13. The highest BCUT2D eigenvalue weighted by atomic mass is 127. The van der Waals surface area contributed by atoms with Crippen LogP contribution < -0.4 is 4.74 Å². The van der Waals surface area contributed by atoms with Crippen LogP contribution in [0.4, 0.5) is 0 Å². The lowest BCUT2D eigenvalue weighted by Crippen LogP contribution is -1.98. The molecule has 0 saturated heterocycles. The number of aromatic nitrogens is 3. The van der Waals surface area contributed by atoms with Crippen LogP contribution in [0.3, 0.4) is 0 Å². The molecule has 13 heavy (non-hydrogen) atoms. The van der Waals surface area contributed by atoms with Gasteiger partial charge in [-0.3, -0.25) is 4.40 Å². The summed E-state index contributed by atoms with van der Waals surface area (Å²) >= 11 is 2.22. The Hall–Kier alpha value is -0.850. The second-order valence-electron chi connectivity index (χ2n) is 2.62. The molecule has 0 fully saturated rings. The topological polar surface area (TPSA) is 39.4 Å². The first-order valence-corrected chi connectivity index (χ1v) is 4.84. The SMILES string of the molecule is COc1ncc(I)n2c(C)ncc12. The van der Waals surface area contributed by atoms with Gasteiger partial charge in [0.2, 0.25) is 5.88 Å². The van der Waals surface area contributed by atoms with Gasteiger partial charge >= 0.3 is 0 Å². The maximum atomic E-state index is 5.12. The zero-order valence-corrected chi connectivity index (χ0v) is 9.44. The number of imidazole rings is 1. The summed E-state index contributed by atoms with van der Waals surface area (Å²) in [5, 5.41) is 0. The van der Waals surface area contributed by atoms with Crippen LogP contribution in [0.1, 0.15) is 5.82 Å². The lowest BCUT2D eigenvalue weighted by molar-refractivity contribution is 0.400. The predicted molar refractivity (Wildman–Crippen MR) is 57.0 cm³/mol. The molecule has 0 N–H and O–H groups in total. The summed E-state index contributed by atoms with van der Waals surface area (Å²) in [6.07, 6.45) is 3.53. The molecule has 2 rings (SSSR count). The average molecular weight is 289 g/mol. The Labute approximate surface area is 89.1 Å². The Morgan fingerprint density at radius 1 is 1.38 bits per heavy atom. The van der Waals surface area contributed by atoms with Gasteiger partial charge < -0.3 is 4.74 Å². The molecule has 0 unspecified atom stereocenters. The Bertz CT molecular complexity index is 452. The molecule has 0 radical (unpaired) electrons. The predicted octanol–water partition coefficient (Wildman–Crippen LogP) is 1.65. The van der Waals surface area contributed by atoms with Crippen molar-refractivity contribution in [1.29, 1.82) is 0 Å². The van der Waals surface area contributed by atoms with Crippen LogP contribution in [-0.4, -0.2) is 21.5 Å². The number of hydrogen-bond donors (Lipinski definition) is 0. The van der Waals surface area contributed by atoms with Crippen molar-refractivity contribution < 1.29 is 4.74 Å². The fraction of sp³-hybridized carbons (Fsp3) is 0.250. The first-order chi connectivity index (χ1) is 6.24. The number of methoxy groups -OCH3 is 1. The summed E-state index contributed by atoms with van der Waals surface area (Å²) < 4.78 is 8.16. The number of aryl methyl sites for hydroxylation is 1. The number of ether oxygens (including phenoxy) is 1. The van der Waals surface area contributed by atoms with Crippen LogP contribution in [0.15, 0.2) is 12.4 Å². The van der Waals surface area contributed by atoms with Gasteiger partial charge in [0, 0.05) is 0 Å². The van der Waals surface area contributed by atoms with E-state index in [9.17, 15) is 0 Å². The fourth-order valence-electron chi connectivity index (χ4n) is 1.26. The van der Waals surface area contributed by atoms with Gasteiger partial charge in [-0.15, -0.1) is 0 Å². The molecule has 0 aromatic carbocycles. The van der Waals surface area contributed by atoms with Gasteiger partial charge in [-0.05, 0) is 29.5 Å². The van der Waals surface area contributed by atoms with Crippen LogP contribution in [0.2, 0.25) is 0 Å². The standard InChI is InChI=1S/C8H8IN3O/c1-5-10-3-6-8(13-2)11-4-7(9)12(5)6/h3-4H,1-2H3. The Balaban J connectivity index is 2.87. The maximum Gasteiger partial charge on any atom is 0.239 e. The number of rotatable bonds is 1. The molecule has 0 aliphatic heterocycles. The van der Waals surface area contributed by atoms with E-state index in [-0.39, 0.29) is 0 Å². The molecule has 5 heteroatoms. The third-order valence-electron chi connectivity index (χ3n) is 1.85. The average Bonchev–Trinajstić information content (AvgIpc) is 2.50. The van der Waals surface area contributed by atoms with Crippen molar-refractivity contribution in [2.75, 3.05) is 7.11 Å². The zero-order valence-electron chi connectivity index (χ0n) is 7.28. The summed E-state index contributed by atoms with van der Waals surface area (Å²) in [7, 11) is 1.61. The maximum absolute atomic E-state index is 5.12. The van der Waals surface area contributed by atoms with E-state index >= 15 is 0 Å². The normalized spacial score (nSPS) is 10.7. The summed E-state index contributed by atoms with van der Waals surface area (Å²) in [5.41, 5.74) is 0.909. The summed E-state index contributed by atoms with van der Waals surface area (Å²) in [6.45, 7) is 1.95. The largest absolute Gasteiger partial charge is 0.479 e. The molecular weight excluding hydrogens is 281 g/mol. The van der Waals surface area contributed by atoms with Crippen molar-refractivity contribution in [3.8, 4) is 5.88 Å². The van der Waals surface area contributed by atoms with E-state index in [1.807, 2.05) is 11.3 Å². The third kappa shape index (κ3) is 1.27. The lowest BCUT2D eigenvalue weighted by atomic mass is 10.5. The minimum Gasteiger partial charge on any atom is -0.479 e. The molecule has 0 bridgehead atoms. The summed E-state index contributed by atoms with van der Waals surface area (Å²) in [4.78, 5) is 8.35. The molecule has 0 aliphatic rings. The first-order valence-electron chi connectivity index (χ1n) is 3.76. The quantitative estimate of drug-likeness (QED) is 0.749. The fourth-order valence-corrected chi connectivity index (χ4v) is 2.01. The van der Waals surface area contributed by atoms with Crippen LogP contribution in [0.5, 0.6) is 5.88 Å². The van der Waals surface area contributed by atoms with Crippen molar-refractivity contribution >= 4 is 28.1 Å². The molecule has 4 nitrogen and oxygen atoms in total. The molecule has 68 valence electrons. The van der Waals surface area contributed by atoms with Gasteiger partial charge in [-0.1, -0.05) is 0 Å². The molecular formula is C8H8IN3O. The van der Waals surface area contributed by atoms with Crippen molar-refractivity contribution in [1.82, 2.24) is 14.4 Å². The van der Waals surface area contributed by atoms with E-state index < -0.39 is 0 Å². The third-order valence-corrected chi connectivity index (χ3v) is 2.61. The molecule has 2 heterocycles. The highest BCUT2D eigenvalue weighted by Crippen LogP contribution is 2.19. The summed E-state index contributed by atoms with van der Waals surface area (Å²) in [5.74, 6) is 1.56. The van der Waals surface area contributed by atoms with E-state index in [4.69, 9.17) is 4.74 Å². The van der Waals surface area contributed by atoms with E-state index in [2.05, 4.69) is 32.6 Å². The second-order valence-corrected chi connectivity index (χ2v) is 3.72. The van der Waals surface area contributed by atoms with Crippen LogP contribution >= 0.6 is 22.6 Å². The minimum atomic E-state index is 0.612. The molecule has 0 aliphatic carbocycles. The van der Waals surface area contributed by atoms with E-state index in [0.29, 0.717) is 5.88 Å². The van der Waals surface area contributed by atoms with Crippen molar-refractivity contribution in [2.24, 2.45) is 0 Å². The first kappa shape index (κ1) is 8.74.